The summed E-state index contributed by atoms with van der Waals surface area (Å²) in [5, 5.41) is 13.0. The van der Waals surface area contributed by atoms with Crippen molar-refractivity contribution < 1.29 is 13.3 Å². The zero-order valence-corrected chi connectivity index (χ0v) is 44.8. The van der Waals surface area contributed by atoms with Gasteiger partial charge >= 0.3 is 0 Å². The van der Waals surface area contributed by atoms with Crippen molar-refractivity contribution in [2.45, 2.75) is 97.2 Å². The lowest BCUT2D eigenvalue weighted by Crippen LogP contribution is -2.23. The van der Waals surface area contributed by atoms with Crippen molar-refractivity contribution in [2.24, 2.45) is 0 Å². The van der Waals surface area contributed by atoms with Gasteiger partial charge in [-0.3, -0.25) is 14.8 Å². The molecule has 0 saturated heterocycles. The van der Waals surface area contributed by atoms with Gasteiger partial charge in [0.1, 0.15) is 0 Å². The van der Waals surface area contributed by atoms with Crippen molar-refractivity contribution in [1.82, 2.24) is 28.7 Å². The Bertz CT molecular complexity index is 3560. The Morgan fingerprint density at radius 3 is 1.41 bits per heavy atom. The highest BCUT2D eigenvalue weighted by Gasteiger charge is 2.30. The summed E-state index contributed by atoms with van der Waals surface area (Å²) < 4.78 is 33.2. The Labute approximate surface area is 440 Å². The standard InChI is InChI=1S/C61H65N9O4S/c1-59(2,3)51-15-9-45(10-16-51)48-30-50(38-69-26-23-65-41-69)56(58(33-48)70(71)72)35-61(6,7)53-19-13-44(14-20-53)47-29-49(37-68-25-22-64-40-68)55(57(62)32-47)34-60(4,5)52-17-11-43(12-18-52)46-27-42(36-67-24-21-63-39-67)28-54(31-46)66-75(8,73)74/h9-33,39-41,66H,34-38,62H2,1-8H3. The Balaban J connectivity index is 0.988. The van der Waals surface area contributed by atoms with Gasteiger partial charge in [0.2, 0.25) is 10.0 Å². The molecule has 3 N–H and O–H groups in total. The van der Waals surface area contributed by atoms with Crippen molar-refractivity contribution in [3.8, 4) is 33.4 Å². The number of aromatic nitrogens is 6. The van der Waals surface area contributed by atoms with Crippen LogP contribution in [0.4, 0.5) is 17.1 Å². The molecular weight excluding hydrogens is 955 g/mol. The average molecular weight is 1020 g/mol. The third-order valence-electron chi connectivity index (χ3n) is 14.3. The van der Waals surface area contributed by atoms with Gasteiger partial charge in [0.05, 0.1) is 30.2 Å². The summed E-state index contributed by atoms with van der Waals surface area (Å²) in [4.78, 5) is 25.5. The summed E-state index contributed by atoms with van der Waals surface area (Å²) in [5.41, 5.74) is 21.2. The fourth-order valence-electron chi connectivity index (χ4n) is 10.1. The molecule has 384 valence electrons. The molecule has 0 aliphatic heterocycles. The number of hydrogen-bond acceptors (Lipinski definition) is 8. The summed E-state index contributed by atoms with van der Waals surface area (Å²) in [6.45, 7) is 16.8. The van der Waals surface area contributed by atoms with Crippen LogP contribution in [0.5, 0.6) is 0 Å². The van der Waals surface area contributed by atoms with Gasteiger partial charge in [-0.05, 0) is 138 Å². The summed E-state index contributed by atoms with van der Waals surface area (Å²) in [5.74, 6) is 0. The van der Waals surface area contributed by atoms with Crippen LogP contribution in [-0.4, -0.2) is 48.3 Å². The number of nitrogens with one attached hydrogen (secondary N) is 1. The molecular formula is C61H65N9O4S. The lowest BCUT2D eigenvalue weighted by Gasteiger charge is -2.29. The van der Waals surface area contributed by atoms with Crippen molar-refractivity contribution in [3.63, 3.8) is 0 Å². The van der Waals surface area contributed by atoms with Crippen LogP contribution in [0.25, 0.3) is 33.4 Å². The predicted molar refractivity (Wildman–Crippen MR) is 301 cm³/mol. The fraction of sp³-hybridized carbons (Fsp3) is 0.262. The van der Waals surface area contributed by atoms with Crippen molar-refractivity contribution in [1.29, 1.82) is 0 Å². The number of rotatable bonds is 18. The van der Waals surface area contributed by atoms with E-state index in [0.29, 0.717) is 49.4 Å². The van der Waals surface area contributed by atoms with Gasteiger partial charge in [-0.1, -0.05) is 121 Å². The molecule has 0 aliphatic rings. The number of sulfonamides is 1. The molecule has 0 spiro atoms. The van der Waals surface area contributed by atoms with Crippen LogP contribution in [0.1, 0.15) is 93.0 Å². The third kappa shape index (κ3) is 12.3. The van der Waals surface area contributed by atoms with E-state index in [4.69, 9.17) is 5.73 Å². The lowest BCUT2D eigenvalue weighted by atomic mass is 9.76. The van der Waals surface area contributed by atoms with Crippen LogP contribution in [0, 0.1) is 10.1 Å². The smallest absolute Gasteiger partial charge is 0.273 e. The number of hydrogen-bond donors (Lipinski definition) is 2. The van der Waals surface area contributed by atoms with Gasteiger partial charge in [0, 0.05) is 79.8 Å². The highest BCUT2D eigenvalue weighted by atomic mass is 32.2. The normalized spacial score (nSPS) is 12.3. The second kappa shape index (κ2) is 20.7. The summed E-state index contributed by atoms with van der Waals surface area (Å²) in [6, 6.07) is 39.2. The van der Waals surface area contributed by atoms with E-state index < -0.39 is 15.4 Å². The number of anilines is 2. The molecule has 3 heterocycles. The maximum Gasteiger partial charge on any atom is 0.273 e. The topological polar surface area (TPSA) is 169 Å². The molecule has 75 heavy (non-hydrogen) atoms. The zero-order chi connectivity index (χ0) is 53.3. The van der Waals surface area contributed by atoms with E-state index >= 15 is 0 Å². The first-order chi connectivity index (χ1) is 35.6. The number of nitrogens with zero attached hydrogens (tertiary/aromatic N) is 7. The average Bonchev–Trinajstić information content (AvgIpc) is 4.19. The third-order valence-corrected chi connectivity index (χ3v) is 14.9. The maximum absolute atomic E-state index is 13.0. The van der Waals surface area contributed by atoms with E-state index in [9.17, 15) is 18.5 Å². The van der Waals surface area contributed by atoms with Gasteiger partial charge < -0.3 is 19.4 Å². The molecule has 0 amide bonds. The van der Waals surface area contributed by atoms with Crippen LogP contribution in [0.15, 0.2) is 171 Å². The minimum absolute atomic E-state index is 0.0165. The Morgan fingerprint density at radius 2 is 0.973 bits per heavy atom. The molecule has 0 radical (unpaired) electrons. The number of benzene rings is 6. The zero-order valence-electron chi connectivity index (χ0n) is 44.0. The number of nitro groups is 1. The van der Waals surface area contributed by atoms with Crippen LogP contribution in [0.2, 0.25) is 0 Å². The minimum atomic E-state index is -3.50. The quantitative estimate of drug-likeness (QED) is 0.0486. The molecule has 3 aromatic heterocycles. The number of nitro benzene ring substituents is 1. The first-order valence-corrected chi connectivity index (χ1v) is 27.0. The van der Waals surface area contributed by atoms with E-state index in [-0.39, 0.29) is 21.4 Å². The highest BCUT2D eigenvalue weighted by molar-refractivity contribution is 7.92. The molecule has 14 heteroatoms. The van der Waals surface area contributed by atoms with Gasteiger partial charge in [-0.2, -0.15) is 0 Å². The summed E-state index contributed by atoms with van der Waals surface area (Å²) >= 11 is 0. The van der Waals surface area contributed by atoms with E-state index in [1.54, 1.807) is 37.3 Å². The van der Waals surface area contributed by atoms with Gasteiger partial charge in [0.15, 0.2) is 0 Å². The molecule has 6 aromatic carbocycles. The summed E-state index contributed by atoms with van der Waals surface area (Å²) in [7, 11) is -3.50. The molecule has 0 aliphatic carbocycles. The van der Waals surface area contributed by atoms with Crippen molar-refractivity contribution in [2.75, 3.05) is 16.7 Å². The monoisotopic (exact) mass is 1020 g/mol. The first-order valence-electron chi connectivity index (χ1n) is 25.1. The maximum atomic E-state index is 13.0. The molecule has 0 bridgehead atoms. The van der Waals surface area contributed by atoms with Crippen LogP contribution in [-0.2, 0) is 58.7 Å². The predicted octanol–water partition coefficient (Wildman–Crippen LogP) is 12.6. The van der Waals surface area contributed by atoms with E-state index in [1.807, 2.05) is 46.2 Å². The van der Waals surface area contributed by atoms with Crippen LogP contribution < -0.4 is 10.5 Å². The Morgan fingerprint density at radius 1 is 0.547 bits per heavy atom. The first kappa shape index (κ1) is 51.8. The second-order valence-electron chi connectivity index (χ2n) is 22.2. The SMILES string of the molecule is CC(C)(C)c1ccc(-c2cc(Cn3ccnc3)c(CC(C)(C)c3ccc(-c4cc(N)c(CC(C)(C)c5ccc(-c6cc(Cn7ccnc7)cc(NS(C)(=O)=O)c6)cc5)c(Cn5ccnc5)c4)cc3)c([N+](=O)[O-])c2)cc1. The largest absolute Gasteiger partial charge is 0.398 e. The van der Waals surface area contributed by atoms with E-state index in [1.165, 1.54) is 5.56 Å². The second-order valence-corrected chi connectivity index (χ2v) is 23.9. The number of imidazole rings is 3. The minimum Gasteiger partial charge on any atom is -0.398 e. The Kier molecular flexibility index (Phi) is 14.3. The summed E-state index contributed by atoms with van der Waals surface area (Å²) in [6.07, 6.45) is 18.5. The van der Waals surface area contributed by atoms with E-state index in [0.717, 1.165) is 73.0 Å². The molecule has 0 saturated carbocycles. The van der Waals surface area contributed by atoms with Crippen LogP contribution in [0.3, 0.4) is 0 Å². The number of nitrogens with two attached hydrogens (primary N) is 1. The lowest BCUT2D eigenvalue weighted by molar-refractivity contribution is -0.385. The molecule has 13 nitrogen and oxygen atoms in total. The fourth-order valence-corrected chi connectivity index (χ4v) is 10.7. The molecule has 9 aromatic rings. The van der Waals surface area contributed by atoms with Crippen molar-refractivity contribution >= 4 is 27.1 Å². The van der Waals surface area contributed by atoms with Crippen molar-refractivity contribution in [3.05, 3.63) is 226 Å². The van der Waals surface area contributed by atoms with Gasteiger partial charge in [-0.25, -0.2) is 23.4 Å². The van der Waals surface area contributed by atoms with Crippen LogP contribution >= 0.6 is 0 Å². The number of nitrogen functional groups attached to an aromatic ring is 1. The molecule has 0 unspecified atom stereocenters. The van der Waals surface area contributed by atoms with E-state index in [2.05, 4.69) is 170 Å². The van der Waals surface area contributed by atoms with Gasteiger partial charge in [0.25, 0.3) is 5.69 Å². The Hall–Kier alpha value is -8.10. The highest BCUT2D eigenvalue weighted by Crippen LogP contribution is 2.40. The molecule has 0 atom stereocenters. The van der Waals surface area contributed by atoms with Gasteiger partial charge in [-0.15, -0.1) is 0 Å². The molecule has 9 rings (SSSR count). The molecule has 0 fully saturated rings.